The predicted molar refractivity (Wildman–Crippen MR) is 109 cm³/mol. The lowest BCUT2D eigenvalue weighted by Crippen LogP contribution is -2.27. The fourth-order valence-corrected chi connectivity index (χ4v) is 3.45. The van der Waals surface area contributed by atoms with Crippen LogP contribution in [0, 0.1) is 19.7 Å². The molecule has 0 atom stereocenters. The zero-order valence-corrected chi connectivity index (χ0v) is 16.4. The molecule has 148 valence electrons. The molecule has 0 saturated heterocycles. The lowest BCUT2D eigenvalue weighted by molar-refractivity contribution is -0.120. The fourth-order valence-electron chi connectivity index (χ4n) is 3.45. The molecule has 3 heterocycles. The van der Waals surface area contributed by atoms with Crippen molar-refractivity contribution in [2.45, 2.75) is 26.7 Å². The number of hydrogen-bond donors (Lipinski definition) is 1. The molecule has 1 amide bonds. The minimum Gasteiger partial charge on any atom is -0.355 e. The number of amides is 1. The summed E-state index contributed by atoms with van der Waals surface area (Å²) >= 11 is 0. The number of rotatable bonds is 6. The Morgan fingerprint density at radius 1 is 1.14 bits per heavy atom. The zero-order chi connectivity index (χ0) is 20.4. The van der Waals surface area contributed by atoms with Crippen molar-refractivity contribution in [2.75, 3.05) is 6.54 Å². The summed E-state index contributed by atoms with van der Waals surface area (Å²) in [4.78, 5) is 17.0. The number of para-hydroxylation sites is 1. The number of aryl methyl sites for hydroxylation is 1. The van der Waals surface area contributed by atoms with E-state index >= 15 is 0 Å². The van der Waals surface area contributed by atoms with Crippen LogP contribution >= 0.6 is 0 Å². The molecule has 0 spiro atoms. The van der Waals surface area contributed by atoms with Crippen molar-refractivity contribution in [3.63, 3.8) is 0 Å². The first-order valence-electron chi connectivity index (χ1n) is 9.52. The van der Waals surface area contributed by atoms with Gasteiger partial charge in [0.1, 0.15) is 17.2 Å². The fraction of sp³-hybridized carbons (Fsp3) is 0.227. The van der Waals surface area contributed by atoms with Crippen LogP contribution in [0.1, 0.15) is 22.6 Å². The molecule has 6 nitrogen and oxygen atoms in total. The molecule has 4 rings (SSSR count). The number of halogens is 1. The molecule has 0 bridgehead atoms. The van der Waals surface area contributed by atoms with Gasteiger partial charge in [0.05, 0.1) is 17.8 Å². The summed E-state index contributed by atoms with van der Waals surface area (Å²) in [7, 11) is 0. The van der Waals surface area contributed by atoms with Crippen molar-refractivity contribution in [1.82, 2.24) is 24.5 Å². The van der Waals surface area contributed by atoms with Crippen LogP contribution in [0.25, 0.3) is 11.3 Å². The van der Waals surface area contributed by atoms with E-state index in [0.717, 1.165) is 28.3 Å². The van der Waals surface area contributed by atoms with Crippen molar-refractivity contribution in [1.29, 1.82) is 0 Å². The van der Waals surface area contributed by atoms with Crippen molar-refractivity contribution < 1.29 is 9.18 Å². The van der Waals surface area contributed by atoms with E-state index in [-0.39, 0.29) is 18.1 Å². The number of imidazole rings is 1. The highest BCUT2D eigenvalue weighted by atomic mass is 19.1. The second kappa shape index (κ2) is 7.87. The summed E-state index contributed by atoms with van der Waals surface area (Å²) in [5, 5.41) is 7.37. The molecule has 0 aliphatic rings. The highest BCUT2D eigenvalue weighted by molar-refractivity contribution is 5.79. The van der Waals surface area contributed by atoms with Crippen LogP contribution in [-0.2, 0) is 17.6 Å². The number of aromatic nitrogens is 4. The quantitative estimate of drug-likeness (QED) is 0.549. The number of nitrogens with one attached hydrogen (secondary N) is 1. The molecule has 3 aromatic heterocycles. The molecule has 29 heavy (non-hydrogen) atoms. The topological polar surface area (TPSA) is 64.2 Å². The summed E-state index contributed by atoms with van der Waals surface area (Å²) in [5.74, 6) is -0.436. The number of pyridine rings is 1. The van der Waals surface area contributed by atoms with E-state index in [1.807, 2.05) is 48.8 Å². The van der Waals surface area contributed by atoms with Crippen LogP contribution in [0.2, 0.25) is 0 Å². The van der Waals surface area contributed by atoms with Crippen LogP contribution in [0.3, 0.4) is 0 Å². The van der Waals surface area contributed by atoms with Gasteiger partial charge in [0, 0.05) is 36.6 Å². The third kappa shape index (κ3) is 3.89. The molecular formula is C22H22FN5O. The third-order valence-electron chi connectivity index (χ3n) is 4.98. The van der Waals surface area contributed by atoms with Crippen LogP contribution in [0.4, 0.5) is 4.39 Å². The van der Waals surface area contributed by atoms with Gasteiger partial charge in [-0.2, -0.15) is 5.10 Å². The number of carbonyl (C=O) groups excluding carboxylic acids is 1. The highest BCUT2D eigenvalue weighted by Gasteiger charge is 2.17. The van der Waals surface area contributed by atoms with Crippen molar-refractivity contribution in [2.24, 2.45) is 0 Å². The first-order chi connectivity index (χ1) is 14.0. The van der Waals surface area contributed by atoms with E-state index in [4.69, 9.17) is 0 Å². The Bertz CT molecular complexity index is 1140. The van der Waals surface area contributed by atoms with Gasteiger partial charge in [-0.1, -0.05) is 18.2 Å². The summed E-state index contributed by atoms with van der Waals surface area (Å²) < 4.78 is 17.6. The Morgan fingerprint density at radius 3 is 2.72 bits per heavy atom. The molecule has 0 unspecified atom stereocenters. The molecule has 0 radical (unpaired) electrons. The monoisotopic (exact) mass is 391 g/mol. The lowest BCUT2D eigenvalue weighted by Gasteiger charge is -2.07. The molecule has 7 heteroatoms. The zero-order valence-electron chi connectivity index (χ0n) is 16.4. The molecule has 0 aliphatic carbocycles. The van der Waals surface area contributed by atoms with Crippen LogP contribution in [0.15, 0.2) is 54.9 Å². The van der Waals surface area contributed by atoms with Gasteiger partial charge < -0.3 is 9.72 Å². The molecule has 1 aromatic carbocycles. The highest BCUT2D eigenvalue weighted by Crippen LogP contribution is 2.20. The van der Waals surface area contributed by atoms with E-state index in [0.29, 0.717) is 18.7 Å². The van der Waals surface area contributed by atoms with E-state index in [1.165, 1.54) is 6.07 Å². The largest absolute Gasteiger partial charge is 0.355 e. The second-order valence-electron chi connectivity index (χ2n) is 6.99. The Kier molecular flexibility index (Phi) is 5.12. The summed E-state index contributed by atoms with van der Waals surface area (Å²) in [6, 6.07) is 12.3. The second-order valence-corrected chi connectivity index (χ2v) is 6.99. The van der Waals surface area contributed by atoms with Gasteiger partial charge in [-0.05, 0) is 38.1 Å². The predicted octanol–water partition coefficient (Wildman–Crippen LogP) is 3.18. The molecule has 0 fully saturated rings. The average Bonchev–Trinajstić information content (AvgIpc) is 3.24. The molecule has 1 N–H and O–H groups in total. The van der Waals surface area contributed by atoms with Gasteiger partial charge in [-0.25, -0.2) is 14.1 Å². The first kappa shape index (κ1) is 18.9. The SMILES string of the molecule is Cc1nn(-c2ccccc2F)c(C)c1CC(=O)NCCc1cn2ccccc2n1. The van der Waals surface area contributed by atoms with Crippen molar-refractivity contribution >= 4 is 11.6 Å². The standard InChI is InChI=1S/C22H22FN5O/c1-15-18(16(2)28(26-15)20-8-4-3-7-19(20)23)13-22(29)24-11-10-17-14-27-12-6-5-9-21(27)25-17/h3-9,12,14H,10-11,13H2,1-2H3,(H,24,29). The third-order valence-corrected chi connectivity index (χ3v) is 4.98. The molecule has 0 saturated carbocycles. The average molecular weight is 391 g/mol. The maximum absolute atomic E-state index is 14.1. The number of nitrogens with zero attached hydrogens (tertiary/aromatic N) is 4. The minimum absolute atomic E-state index is 0.0898. The minimum atomic E-state index is -0.346. The summed E-state index contributed by atoms with van der Waals surface area (Å²) in [6.45, 7) is 4.19. The lowest BCUT2D eigenvalue weighted by atomic mass is 10.1. The van der Waals surface area contributed by atoms with Crippen LogP contribution in [-0.4, -0.2) is 31.6 Å². The van der Waals surface area contributed by atoms with Crippen molar-refractivity contribution in [3.05, 3.63) is 83.3 Å². The Hall–Kier alpha value is -3.48. The number of carbonyl (C=O) groups is 1. The van der Waals surface area contributed by atoms with Gasteiger partial charge in [0.15, 0.2) is 0 Å². The van der Waals surface area contributed by atoms with E-state index in [2.05, 4.69) is 15.4 Å². The van der Waals surface area contributed by atoms with Gasteiger partial charge >= 0.3 is 0 Å². The molecular weight excluding hydrogens is 369 g/mol. The van der Waals surface area contributed by atoms with E-state index < -0.39 is 0 Å². The number of hydrogen-bond acceptors (Lipinski definition) is 3. The normalized spacial score (nSPS) is 11.1. The van der Waals surface area contributed by atoms with E-state index in [1.54, 1.807) is 22.9 Å². The van der Waals surface area contributed by atoms with Crippen molar-refractivity contribution in [3.8, 4) is 5.69 Å². The summed E-state index contributed by atoms with van der Waals surface area (Å²) in [6.07, 6.45) is 4.77. The number of fused-ring (bicyclic) bond motifs is 1. The maximum atomic E-state index is 14.1. The van der Waals surface area contributed by atoms with Crippen LogP contribution < -0.4 is 5.32 Å². The summed E-state index contributed by atoms with van der Waals surface area (Å²) in [5.41, 5.74) is 4.51. The van der Waals surface area contributed by atoms with Gasteiger partial charge in [-0.15, -0.1) is 0 Å². The Morgan fingerprint density at radius 2 is 1.93 bits per heavy atom. The van der Waals surface area contributed by atoms with Gasteiger partial charge in [0.2, 0.25) is 5.91 Å². The van der Waals surface area contributed by atoms with Crippen LogP contribution in [0.5, 0.6) is 0 Å². The number of benzene rings is 1. The first-order valence-corrected chi connectivity index (χ1v) is 9.52. The molecule has 4 aromatic rings. The van der Waals surface area contributed by atoms with E-state index in [9.17, 15) is 9.18 Å². The Labute approximate surface area is 168 Å². The Balaban J connectivity index is 1.40. The molecule has 0 aliphatic heterocycles. The smallest absolute Gasteiger partial charge is 0.224 e. The van der Waals surface area contributed by atoms with Gasteiger partial charge in [0.25, 0.3) is 0 Å². The maximum Gasteiger partial charge on any atom is 0.224 e. The van der Waals surface area contributed by atoms with Gasteiger partial charge in [-0.3, -0.25) is 4.79 Å².